The first kappa shape index (κ1) is 14.2. The first-order chi connectivity index (χ1) is 7.88. The average Bonchev–Trinajstić information content (AvgIpc) is 2.91. The molecule has 0 N–H and O–H groups in total. The molecule has 0 spiro atoms. The summed E-state index contributed by atoms with van der Waals surface area (Å²) in [5.74, 6) is 2.48. The highest BCUT2D eigenvalue weighted by Gasteiger charge is 2.09. The third kappa shape index (κ3) is 4.46. The zero-order valence-corrected chi connectivity index (χ0v) is 10.9. The van der Waals surface area contributed by atoms with E-state index in [2.05, 4.69) is 4.90 Å². The monoisotopic (exact) mass is 275 g/mol. The lowest BCUT2D eigenvalue weighted by Gasteiger charge is -2.18. The topological polar surface area (TPSA) is 29.5 Å². The summed E-state index contributed by atoms with van der Waals surface area (Å²) in [6.07, 6.45) is 3.36. The highest BCUT2D eigenvalue weighted by Crippen LogP contribution is 2.10. The molecule has 0 aliphatic carbocycles. The largest absolute Gasteiger partial charge is 0.468 e. The molecule has 0 aliphatic heterocycles. The van der Waals surface area contributed by atoms with Crippen molar-refractivity contribution in [3.63, 3.8) is 0 Å². The summed E-state index contributed by atoms with van der Waals surface area (Å²) < 4.78 is 10.6. The maximum absolute atomic E-state index is 5.77. The number of hydrogen-bond donors (Lipinski definition) is 0. The van der Waals surface area contributed by atoms with Crippen molar-refractivity contribution >= 4 is 24.0 Å². The van der Waals surface area contributed by atoms with Gasteiger partial charge in [-0.3, -0.25) is 4.90 Å². The van der Waals surface area contributed by atoms with Crippen LogP contribution in [0.1, 0.15) is 11.5 Å². The number of halogens is 2. The number of furan rings is 2. The Labute approximate surface area is 112 Å². The molecule has 0 saturated heterocycles. The molecule has 94 valence electrons. The van der Waals surface area contributed by atoms with Crippen LogP contribution in [0.15, 0.2) is 45.6 Å². The van der Waals surface area contributed by atoms with E-state index in [0.29, 0.717) is 5.88 Å². The molecule has 0 bridgehead atoms. The Morgan fingerprint density at radius 3 is 1.88 bits per heavy atom. The van der Waals surface area contributed by atoms with E-state index in [0.717, 1.165) is 31.2 Å². The van der Waals surface area contributed by atoms with Gasteiger partial charge in [-0.2, -0.15) is 0 Å². The number of nitrogens with zero attached hydrogens (tertiary/aromatic N) is 1. The van der Waals surface area contributed by atoms with Gasteiger partial charge in [0.1, 0.15) is 11.5 Å². The van der Waals surface area contributed by atoms with Gasteiger partial charge in [0.05, 0.1) is 25.6 Å². The fourth-order valence-corrected chi connectivity index (χ4v) is 1.82. The van der Waals surface area contributed by atoms with Crippen LogP contribution in [0.2, 0.25) is 0 Å². The van der Waals surface area contributed by atoms with Crippen molar-refractivity contribution in [2.45, 2.75) is 13.1 Å². The van der Waals surface area contributed by atoms with E-state index in [-0.39, 0.29) is 12.4 Å². The van der Waals surface area contributed by atoms with Crippen LogP contribution in [-0.4, -0.2) is 17.3 Å². The number of alkyl halides is 1. The molecule has 5 heteroatoms. The van der Waals surface area contributed by atoms with Crippen molar-refractivity contribution in [3.8, 4) is 0 Å². The van der Waals surface area contributed by atoms with Crippen molar-refractivity contribution in [2.75, 3.05) is 12.4 Å². The third-order valence-corrected chi connectivity index (χ3v) is 2.49. The van der Waals surface area contributed by atoms with Gasteiger partial charge in [0.2, 0.25) is 0 Å². The molecule has 0 aliphatic rings. The van der Waals surface area contributed by atoms with Crippen molar-refractivity contribution in [1.82, 2.24) is 4.90 Å². The Bertz CT molecular complexity index is 350. The summed E-state index contributed by atoms with van der Waals surface area (Å²) in [5.41, 5.74) is 0. The first-order valence-electron chi connectivity index (χ1n) is 5.21. The average molecular weight is 276 g/mol. The van der Waals surface area contributed by atoms with Gasteiger partial charge in [0, 0.05) is 12.4 Å². The summed E-state index contributed by atoms with van der Waals surface area (Å²) >= 11 is 5.77. The zero-order valence-electron chi connectivity index (χ0n) is 9.34. The fourth-order valence-electron chi connectivity index (χ4n) is 1.58. The lowest BCUT2D eigenvalue weighted by atomic mass is 10.3. The molecule has 0 fully saturated rings. The molecule has 0 amide bonds. The van der Waals surface area contributed by atoms with Crippen LogP contribution < -0.4 is 0 Å². The Kier molecular flexibility index (Phi) is 6.19. The van der Waals surface area contributed by atoms with Crippen molar-refractivity contribution in [1.29, 1.82) is 0 Å². The van der Waals surface area contributed by atoms with Crippen LogP contribution in [0, 0.1) is 0 Å². The van der Waals surface area contributed by atoms with E-state index in [9.17, 15) is 0 Å². The van der Waals surface area contributed by atoms with Gasteiger partial charge in [-0.05, 0) is 24.3 Å². The van der Waals surface area contributed by atoms with Crippen LogP contribution in [0.3, 0.4) is 0 Å². The van der Waals surface area contributed by atoms with Crippen LogP contribution in [0.25, 0.3) is 0 Å². The second-order valence-corrected chi connectivity index (χ2v) is 3.94. The molecule has 2 aromatic rings. The van der Waals surface area contributed by atoms with Gasteiger partial charge in [0.15, 0.2) is 0 Å². The minimum absolute atomic E-state index is 0. The maximum Gasteiger partial charge on any atom is 0.117 e. The molecule has 0 saturated carbocycles. The van der Waals surface area contributed by atoms with Crippen LogP contribution >= 0.6 is 24.0 Å². The van der Waals surface area contributed by atoms with E-state index >= 15 is 0 Å². The minimum Gasteiger partial charge on any atom is -0.468 e. The maximum atomic E-state index is 5.77. The molecular formula is C12H15Cl2NO2. The molecule has 17 heavy (non-hydrogen) atoms. The Balaban J connectivity index is 0.00000144. The standard InChI is InChI=1S/C12H14ClNO2.ClH/c13-5-6-14(9-11-3-1-7-15-11)10-12-4-2-8-16-12;/h1-4,7-8H,5-6,9-10H2;1H. The van der Waals surface area contributed by atoms with Crippen LogP contribution in [0.5, 0.6) is 0 Å². The zero-order chi connectivity index (χ0) is 11.2. The summed E-state index contributed by atoms with van der Waals surface area (Å²) in [4.78, 5) is 2.19. The van der Waals surface area contributed by atoms with Crippen LogP contribution in [0.4, 0.5) is 0 Å². The van der Waals surface area contributed by atoms with Gasteiger partial charge in [-0.25, -0.2) is 0 Å². The number of rotatable bonds is 6. The third-order valence-electron chi connectivity index (χ3n) is 2.32. The summed E-state index contributed by atoms with van der Waals surface area (Å²) in [5, 5.41) is 0. The Morgan fingerprint density at radius 2 is 1.53 bits per heavy atom. The molecule has 0 unspecified atom stereocenters. The van der Waals surface area contributed by atoms with Gasteiger partial charge in [-0.1, -0.05) is 0 Å². The second kappa shape index (κ2) is 7.43. The fraction of sp³-hybridized carbons (Fsp3) is 0.333. The quantitative estimate of drug-likeness (QED) is 0.756. The van der Waals surface area contributed by atoms with Crippen molar-refractivity contribution in [2.24, 2.45) is 0 Å². The van der Waals surface area contributed by atoms with Crippen molar-refractivity contribution < 1.29 is 8.83 Å². The lowest BCUT2D eigenvalue weighted by molar-refractivity contribution is 0.230. The molecule has 0 radical (unpaired) electrons. The molecule has 2 heterocycles. The van der Waals surface area contributed by atoms with Gasteiger partial charge in [0.25, 0.3) is 0 Å². The molecule has 0 atom stereocenters. The van der Waals surface area contributed by atoms with Crippen LogP contribution in [-0.2, 0) is 13.1 Å². The molecule has 2 aromatic heterocycles. The van der Waals surface area contributed by atoms with E-state index in [1.165, 1.54) is 0 Å². The summed E-state index contributed by atoms with van der Waals surface area (Å²) in [7, 11) is 0. The Morgan fingerprint density at radius 1 is 1.00 bits per heavy atom. The van der Waals surface area contributed by atoms with Gasteiger partial charge >= 0.3 is 0 Å². The van der Waals surface area contributed by atoms with Gasteiger partial charge in [-0.15, -0.1) is 24.0 Å². The SMILES string of the molecule is Cl.ClCCN(Cc1ccco1)Cc1ccco1. The van der Waals surface area contributed by atoms with E-state index in [4.69, 9.17) is 20.4 Å². The molecule has 3 nitrogen and oxygen atoms in total. The van der Waals surface area contributed by atoms with E-state index in [1.54, 1.807) is 12.5 Å². The van der Waals surface area contributed by atoms with E-state index in [1.807, 2.05) is 24.3 Å². The summed E-state index contributed by atoms with van der Waals surface area (Å²) in [6.45, 7) is 2.31. The predicted molar refractivity (Wildman–Crippen MR) is 69.5 cm³/mol. The second-order valence-electron chi connectivity index (χ2n) is 3.56. The first-order valence-corrected chi connectivity index (χ1v) is 5.75. The highest BCUT2D eigenvalue weighted by atomic mass is 35.5. The minimum atomic E-state index is 0. The summed E-state index contributed by atoms with van der Waals surface area (Å²) in [6, 6.07) is 7.70. The highest BCUT2D eigenvalue weighted by molar-refractivity contribution is 6.18. The van der Waals surface area contributed by atoms with Gasteiger partial charge < -0.3 is 8.83 Å². The normalized spacial score (nSPS) is 10.5. The molecule has 2 rings (SSSR count). The Hall–Kier alpha value is -0.900. The van der Waals surface area contributed by atoms with E-state index < -0.39 is 0 Å². The predicted octanol–water partition coefficient (Wildman–Crippen LogP) is 3.54. The number of hydrogen-bond acceptors (Lipinski definition) is 3. The van der Waals surface area contributed by atoms with Crippen molar-refractivity contribution in [3.05, 3.63) is 48.3 Å². The molecule has 0 aromatic carbocycles. The smallest absolute Gasteiger partial charge is 0.117 e. The molecular weight excluding hydrogens is 261 g/mol. The lowest BCUT2D eigenvalue weighted by Crippen LogP contribution is -2.24.